The third-order valence-electron chi connectivity index (χ3n) is 12.9. The molecule has 0 radical (unpaired) electrons. The highest BCUT2D eigenvalue weighted by molar-refractivity contribution is 6.32. The van der Waals surface area contributed by atoms with Gasteiger partial charge in [0.2, 0.25) is 11.8 Å². The maximum absolute atomic E-state index is 13.9. The average Bonchev–Trinajstić information content (AvgIpc) is 3.97. The van der Waals surface area contributed by atoms with Crippen molar-refractivity contribution in [2.45, 2.75) is 89.6 Å². The van der Waals surface area contributed by atoms with Crippen molar-refractivity contribution in [3.63, 3.8) is 0 Å². The number of H-pyrrole nitrogens is 2. The molecular formula is C45H49Cl2N9O6. The van der Waals surface area contributed by atoms with Gasteiger partial charge in [-0.1, -0.05) is 87.3 Å². The molecular weight excluding hydrogens is 833 g/mol. The molecule has 2 saturated heterocycles. The fraction of sp³-hybridized carbons (Fsp3) is 0.444. The van der Waals surface area contributed by atoms with Crippen LogP contribution in [0.15, 0.2) is 54.6 Å². The average molecular weight is 883 g/mol. The van der Waals surface area contributed by atoms with Crippen molar-refractivity contribution in [2.75, 3.05) is 14.2 Å². The summed E-state index contributed by atoms with van der Waals surface area (Å²) in [5.74, 6) is 1.40. The molecule has 4 fully saturated rings. The largest absolute Gasteiger partial charge is 0.453 e. The number of alkyl carbamates (subject to hydrolysis) is 2. The van der Waals surface area contributed by atoms with E-state index in [-0.39, 0.29) is 53.0 Å². The van der Waals surface area contributed by atoms with E-state index in [9.17, 15) is 19.2 Å². The number of fused-ring (bicyclic) bond motifs is 3. The lowest BCUT2D eigenvalue weighted by Crippen LogP contribution is -2.52. The predicted molar refractivity (Wildman–Crippen MR) is 233 cm³/mol. The number of aromatic nitrogens is 5. The van der Waals surface area contributed by atoms with Crippen LogP contribution in [0, 0.1) is 23.7 Å². The molecule has 5 aromatic rings. The second-order valence-corrected chi connectivity index (χ2v) is 18.3. The first kappa shape index (κ1) is 41.7. The summed E-state index contributed by atoms with van der Waals surface area (Å²) in [6.07, 6.45) is 2.11. The number of pyridine rings is 1. The summed E-state index contributed by atoms with van der Waals surface area (Å²) < 4.78 is 9.59. The van der Waals surface area contributed by atoms with Gasteiger partial charge < -0.3 is 39.9 Å². The number of piperidine rings is 2. The second-order valence-electron chi connectivity index (χ2n) is 17.6. The number of aromatic amines is 2. The first-order valence-electron chi connectivity index (χ1n) is 21.1. The molecule has 9 rings (SSSR count). The zero-order chi connectivity index (χ0) is 43.7. The van der Waals surface area contributed by atoms with E-state index in [0.717, 1.165) is 53.3 Å². The standard InChI is InChI=1S/C45H49Cl2N9O6/c1-20(2)34(51-44(59)61-5)42(57)55-30-16-26(30)18-32(55)40-49-36(38(46)53-40)23-9-7-22(8-10-23)24-11-13-28-25(15-24)12-14-29(48-28)37-39(47)54-41(50-37)33-19-27-17-31(27)56(33)43(58)35(21(3)4)52-45(60)62-6/h7-15,20-21,26-27,30-35H,16-19H2,1-6H3,(H,49,53)(H,50,54)(H,51,59)(H,52,60)/t26?,27?,30-,31-,32+,33+,34+,35+/m1/s1. The van der Waals surface area contributed by atoms with Gasteiger partial charge in [-0.15, -0.1) is 0 Å². The fourth-order valence-electron chi connectivity index (χ4n) is 9.44. The van der Waals surface area contributed by atoms with E-state index < -0.39 is 24.3 Å². The number of rotatable bonds is 11. The predicted octanol–water partition coefficient (Wildman–Crippen LogP) is 8.07. The molecule has 2 unspecified atom stereocenters. The Hall–Kier alpha value is -5.67. The lowest BCUT2D eigenvalue weighted by Gasteiger charge is -2.31. The molecule has 2 saturated carbocycles. The molecule has 3 aromatic heterocycles. The van der Waals surface area contributed by atoms with Crippen LogP contribution in [0.3, 0.4) is 0 Å². The number of methoxy groups -OCH3 is 2. The number of carbonyl (C=O) groups is 4. The summed E-state index contributed by atoms with van der Waals surface area (Å²) in [7, 11) is 2.57. The smallest absolute Gasteiger partial charge is 0.407 e. The molecule has 17 heteroatoms. The number of hydrogen-bond donors (Lipinski definition) is 4. The van der Waals surface area contributed by atoms with Crippen LogP contribution in [0.5, 0.6) is 0 Å². The van der Waals surface area contributed by atoms with Crippen molar-refractivity contribution < 1.29 is 28.7 Å². The maximum atomic E-state index is 13.9. The SMILES string of the molecule is COC(=O)N[C@H](C(=O)N1[C@@H]2CC2C[C@H]1c1nc(Cl)c(-c2ccc(-c3ccc4nc(-c5[nH]c([C@@H]6CC7C[C@H]7N6C(=O)[C@@H](NC(=O)OC)C(C)C)nc5Cl)ccc4c3)cc2)[nH]1)C(C)C. The van der Waals surface area contributed by atoms with E-state index in [0.29, 0.717) is 45.7 Å². The summed E-state index contributed by atoms with van der Waals surface area (Å²) in [6, 6.07) is 16.2. The van der Waals surface area contributed by atoms with Crippen LogP contribution in [0.25, 0.3) is 44.7 Å². The topological polar surface area (TPSA) is 188 Å². The summed E-state index contributed by atoms with van der Waals surface area (Å²) in [5, 5.41) is 6.97. The van der Waals surface area contributed by atoms with Crippen LogP contribution in [0.1, 0.15) is 77.1 Å². The van der Waals surface area contributed by atoms with Gasteiger partial charge >= 0.3 is 12.2 Å². The molecule has 2 aromatic carbocycles. The van der Waals surface area contributed by atoms with E-state index in [4.69, 9.17) is 42.6 Å². The summed E-state index contributed by atoms with van der Waals surface area (Å²) in [4.78, 5) is 76.8. The highest BCUT2D eigenvalue weighted by Gasteiger charge is 2.57. The van der Waals surface area contributed by atoms with Crippen molar-refractivity contribution in [2.24, 2.45) is 23.7 Å². The van der Waals surface area contributed by atoms with Crippen LogP contribution >= 0.6 is 23.2 Å². The number of hydrogen-bond acceptors (Lipinski definition) is 9. The molecule has 0 spiro atoms. The molecule has 4 amide bonds. The van der Waals surface area contributed by atoms with Crippen LogP contribution in [-0.4, -0.2) is 97.1 Å². The van der Waals surface area contributed by atoms with Gasteiger partial charge in [-0.2, -0.15) is 0 Å². The number of nitrogens with one attached hydrogen (secondary N) is 4. The van der Waals surface area contributed by atoms with Crippen LogP contribution in [0.4, 0.5) is 9.59 Å². The van der Waals surface area contributed by atoms with Crippen LogP contribution < -0.4 is 10.6 Å². The van der Waals surface area contributed by atoms with Gasteiger partial charge in [-0.3, -0.25) is 9.59 Å². The minimum atomic E-state index is -0.732. The number of carbonyl (C=O) groups excluding carboxylic acids is 4. The van der Waals surface area contributed by atoms with E-state index in [1.165, 1.54) is 14.2 Å². The van der Waals surface area contributed by atoms with Crippen molar-refractivity contribution in [1.82, 2.24) is 45.4 Å². The van der Waals surface area contributed by atoms with Crippen LogP contribution in [0.2, 0.25) is 10.3 Å². The molecule has 4 aliphatic rings. The summed E-state index contributed by atoms with van der Waals surface area (Å²) in [6.45, 7) is 7.59. The monoisotopic (exact) mass is 881 g/mol. The van der Waals surface area contributed by atoms with Gasteiger partial charge in [0.15, 0.2) is 10.3 Å². The molecule has 8 atom stereocenters. The Morgan fingerprint density at radius 3 is 1.65 bits per heavy atom. The lowest BCUT2D eigenvalue weighted by atomic mass is 10.0. The van der Waals surface area contributed by atoms with Gasteiger partial charge in [0, 0.05) is 23.0 Å². The zero-order valence-electron chi connectivity index (χ0n) is 35.2. The lowest BCUT2D eigenvalue weighted by molar-refractivity contribution is -0.137. The molecule has 15 nitrogen and oxygen atoms in total. The first-order valence-corrected chi connectivity index (χ1v) is 21.9. The highest BCUT2D eigenvalue weighted by Crippen LogP contribution is 2.55. The minimum absolute atomic E-state index is 0.0979. The number of nitrogens with zero attached hydrogens (tertiary/aromatic N) is 5. The number of likely N-dealkylation sites (tertiary alicyclic amines) is 2. The van der Waals surface area contributed by atoms with Gasteiger partial charge in [-0.25, -0.2) is 24.5 Å². The van der Waals surface area contributed by atoms with Crippen molar-refractivity contribution in [3.05, 3.63) is 76.6 Å². The second kappa shape index (κ2) is 16.2. The van der Waals surface area contributed by atoms with Crippen molar-refractivity contribution >= 4 is 58.1 Å². The normalized spacial score (nSPS) is 23.3. The highest BCUT2D eigenvalue weighted by atomic mass is 35.5. The number of ether oxygens (including phenoxy) is 2. The number of amides is 4. The zero-order valence-corrected chi connectivity index (χ0v) is 36.8. The Balaban J connectivity index is 0.906. The number of imidazole rings is 2. The molecule has 0 bridgehead atoms. The Kier molecular flexibility index (Phi) is 10.9. The first-order chi connectivity index (χ1) is 29.7. The van der Waals surface area contributed by atoms with E-state index in [1.54, 1.807) is 0 Å². The van der Waals surface area contributed by atoms with E-state index in [2.05, 4.69) is 31.7 Å². The number of halogens is 2. The van der Waals surface area contributed by atoms with E-state index in [1.807, 2.05) is 86.0 Å². The molecule has 2 aliphatic heterocycles. The fourth-order valence-corrected chi connectivity index (χ4v) is 9.93. The van der Waals surface area contributed by atoms with E-state index >= 15 is 0 Å². The minimum Gasteiger partial charge on any atom is -0.453 e. The Labute approximate surface area is 368 Å². The van der Waals surface area contributed by atoms with Gasteiger partial charge in [0.05, 0.1) is 43.2 Å². The Bertz CT molecular complexity index is 2580. The Morgan fingerprint density at radius 2 is 1.13 bits per heavy atom. The molecule has 2 aliphatic carbocycles. The molecule has 5 heterocycles. The molecule has 4 N–H and O–H groups in total. The van der Waals surface area contributed by atoms with Gasteiger partial charge in [0.25, 0.3) is 0 Å². The third-order valence-corrected chi connectivity index (χ3v) is 13.5. The molecule has 324 valence electrons. The Morgan fingerprint density at radius 1 is 0.645 bits per heavy atom. The number of benzene rings is 2. The third kappa shape index (κ3) is 7.63. The van der Waals surface area contributed by atoms with Gasteiger partial charge in [0.1, 0.15) is 29.4 Å². The van der Waals surface area contributed by atoms with Crippen molar-refractivity contribution in [3.8, 4) is 33.8 Å². The maximum Gasteiger partial charge on any atom is 0.407 e. The van der Waals surface area contributed by atoms with Gasteiger partial charge in [-0.05, 0) is 78.7 Å². The quantitative estimate of drug-likeness (QED) is 0.102. The van der Waals surface area contributed by atoms with Crippen molar-refractivity contribution in [1.29, 1.82) is 0 Å². The van der Waals surface area contributed by atoms with Crippen LogP contribution in [-0.2, 0) is 19.1 Å². The summed E-state index contributed by atoms with van der Waals surface area (Å²) >= 11 is 13.5. The summed E-state index contributed by atoms with van der Waals surface area (Å²) in [5.41, 5.74) is 5.50. The molecule has 62 heavy (non-hydrogen) atoms.